The molecule has 0 fully saturated rings. The molecule has 0 aromatic heterocycles. The van der Waals surface area contributed by atoms with Gasteiger partial charge in [0.25, 0.3) is 0 Å². The molecule has 33 heavy (non-hydrogen) atoms. The lowest BCUT2D eigenvalue weighted by atomic mass is 9.90. The highest BCUT2D eigenvalue weighted by Crippen LogP contribution is 2.22. The standard InChI is InChI=1S/C29H56O4/c1-6-7-8-9-10-11-12-13-14-15-16-17-18-19-22-25-32-27(30)23-20-21-24-28(31)33-26(2)29(3,4)5/h26H,6-25H2,1-5H3. The highest BCUT2D eigenvalue weighted by molar-refractivity contribution is 5.70. The molecule has 4 nitrogen and oxygen atoms in total. The van der Waals surface area contributed by atoms with Crippen molar-refractivity contribution in [1.82, 2.24) is 0 Å². The fourth-order valence-electron chi connectivity index (χ4n) is 3.70. The molecule has 0 rings (SSSR count). The molecule has 0 aliphatic rings. The highest BCUT2D eigenvalue weighted by atomic mass is 16.5. The molecule has 4 heteroatoms. The van der Waals surface area contributed by atoms with Crippen molar-refractivity contribution < 1.29 is 19.1 Å². The number of carbonyl (C=O) groups excluding carboxylic acids is 2. The first-order valence-corrected chi connectivity index (χ1v) is 14.1. The Bertz CT molecular complexity index is 467. The van der Waals surface area contributed by atoms with Gasteiger partial charge in [0, 0.05) is 12.8 Å². The summed E-state index contributed by atoms with van der Waals surface area (Å²) < 4.78 is 10.7. The molecule has 0 aromatic carbocycles. The van der Waals surface area contributed by atoms with E-state index >= 15 is 0 Å². The number of hydrogen-bond donors (Lipinski definition) is 0. The van der Waals surface area contributed by atoms with Crippen molar-refractivity contribution in [2.75, 3.05) is 6.61 Å². The summed E-state index contributed by atoms with van der Waals surface area (Å²) in [6.45, 7) is 10.9. The molecule has 0 heterocycles. The third-order valence-corrected chi connectivity index (χ3v) is 6.55. The van der Waals surface area contributed by atoms with E-state index in [9.17, 15) is 9.59 Å². The van der Waals surface area contributed by atoms with Crippen LogP contribution >= 0.6 is 0 Å². The van der Waals surface area contributed by atoms with E-state index in [-0.39, 0.29) is 23.5 Å². The smallest absolute Gasteiger partial charge is 0.306 e. The van der Waals surface area contributed by atoms with Crippen LogP contribution in [0.5, 0.6) is 0 Å². The van der Waals surface area contributed by atoms with Gasteiger partial charge in [0.2, 0.25) is 0 Å². The van der Waals surface area contributed by atoms with Gasteiger partial charge in [0.1, 0.15) is 6.10 Å². The zero-order chi connectivity index (χ0) is 24.8. The number of unbranched alkanes of at least 4 members (excludes halogenated alkanes) is 15. The number of carbonyl (C=O) groups is 2. The first-order chi connectivity index (χ1) is 15.8. The Morgan fingerprint density at radius 3 is 1.42 bits per heavy atom. The number of rotatable bonds is 22. The normalized spacial score (nSPS) is 12.5. The first-order valence-electron chi connectivity index (χ1n) is 14.1. The van der Waals surface area contributed by atoms with Crippen LogP contribution in [0.3, 0.4) is 0 Å². The molecule has 0 saturated carbocycles. The molecule has 0 spiro atoms. The van der Waals surface area contributed by atoms with Crippen LogP contribution in [0.25, 0.3) is 0 Å². The van der Waals surface area contributed by atoms with Crippen molar-refractivity contribution in [3.63, 3.8) is 0 Å². The molecular weight excluding hydrogens is 412 g/mol. The predicted molar refractivity (Wildman–Crippen MR) is 139 cm³/mol. The van der Waals surface area contributed by atoms with Gasteiger partial charge < -0.3 is 9.47 Å². The van der Waals surface area contributed by atoms with Crippen LogP contribution in [-0.4, -0.2) is 24.6 Å². The zero-order valence-corrected chi connectivity index (χ0v) is 22.9. The van der Waals surface area contributed by atoms with Crippen molar-refractivity contribution >= 4 is 11.9 Å². The third-order valence-electron chi connectivity index (χ3n) is 6.55. The average Bonchev–Trinajstić information content (AvgIpc) is 2.75. The molecule has 0 amide bonds. The van der Waals surface area contributed by atoms with Gasteiger partial charge >= 0.3 is 11.9 Å². The van der Waals surface area contributed by atoms with Gasteiger partial charge in [-0.05, 0) is 31.6 Å². The summed E-state index contributed by atoms with van der Waals surface area (Å²) in [4.78, 5) is 23.7. The molecule has 0 radical (unpaired) electrons. The molecule has 0 aliphatic heterocycles. The Morgan fingerprint density at radius 1 is 0.606 bits per heavy atom. The zero-order valence-electron chi connectivity index (χ0n) is 22.9. The number of hydrogen-bond acceptors (Lipinski definition) is 4. The van der Waals surface area contributed by atoms with E-state index in [4.69, 9.17) is 9.47 Å². The maximum atomic E-state index is 11.8. The van der Waals surface area contributed by atoms with E-state index < -0.39 is 0 Å². The molecule has 0 saturated heterocycles. The molecule has 0 aromatic rings. The molecule has 1 unspecified atom stereocenters. The molecule has 1 atom stereocenters. The van der Waals surface area contributed by atoms with E-state index in [0.717, 1.165) is 12.8 Å². The van der Waals surface area contributed by atoms with Gasteiger partial charge in [-0.15, -0.1) is 0 Å². The number of ether oxygens (including phenoxy) is 2. The van der Waals surface area contributed by atoms with Crippen LogP contribution in [0.2, 0.25) is 0 Å². The SMILES string of the molecule is CCCCCCCCCCCCCCCCCOC(=O)CCCCC(=O)OC(C)C(C)(C)C. The second-order valence-electron chi connectivity index (χ2n) is 10.9. The van der Waals surface area contributed by atoms with E-state index in [2.05, 4.69) is 27.7 Å². The van der Waals surface area contributed by atoms with Crippen LogP contribution < -0.4 is 0 Å². The monoisotopic (exact) mass is 468 g/mol. The van der Waals surface area contributed by atoms with E-state index in [1.165, 1.54) is 83.5 Å². The molecule has 0 bridgehead atoms. The van der Waals surface area contributed by atoms with Crippen LogP contribution in [0.4, 0.5) is 0 Å². The molecular formula is C29H56O4. The largest absolute Gasteiger partial charge is 0.466 e. The van der Waals surface area contributed by atoms with Gasteiger partial charge in [0.05, 0.1) is 6.61 Å². The van der Waals surface area contributed by atoms with E-state index in [1.54, 1.807) is 0 Å². The minimum Gasteiger partial charge on any atom is -0.466 e. The van der Waals surface area contributed by atoms with E-state index in [1.807, 2.05) is 6.92 Å². The Morgan fingerprint density at radius 2 is 1.00 bits per heavy atom. The Balaban J connectivity index is 3.34. The van der Waals surface area contributed by atoms with Crippen LogP contribution in [0.1, 0.15) is 157 Å². The summed E-state index contributed by atoms with van der Waals surface area (Å²) in [5.74, 6) is -0.319. The van der Waals surface area contributed by atoms with Crippen LogP contribution in [0, 0.1) is 5.41 Å². The number of esters is 2. The summed E-state index contributed by atoms with van der Waals surface area (Å²) in [6.07, 6.45) is 22.0. The Labute approximate surface area is 206 Å². The Kier molecular flexibility index (Phi) is 20.8. The topological polar surface area (TPSA) is 52.6 Å². The molecule has 0 N–H and O–H groups in total. The lowest BCUT2D eigenvalue weighted by Gasteiger charge is -2.26. The molecule has 196 valence electrons. The van der Waals surface area contributed by atoms with Crippen molar-refractivity contribution in [3.8, 4) is 0 Å². The van der Waals surface area contributed by atoms with Gasteiger partial charge in [-0.3, -0.25) is 9.59 Å². The average molecular weight is 469 g/mol. The van der Waals surface area contributed by atoms with Crippen molar-refractivity contribution in [2.45, 2.75) is 163 Å². The Hall–Kier alpha value is -1.06. The fraction of sp³-hybridized carbons (Fsp3) is 0.931. The summed E-state index contributed by atoms with van der Waals surface area (Å²) in [5, 5.41) is 0. The maximum absolute atomic E-state index is 11.8. The predicted octanol–water partition coefficient (Wildman–Crippen LogP) is 8.94. The lowest BCUT2D eigenvalue weighted by Crippen LogP contribution is -2.28. The molecule has 0 aliphatic carbocycles. The lowest BCUT2D eigenvalue weighted by molar-refractivity contribution is -0.153. The highest BCUT2D eigenvalue weighted by Gasteiger charge is 2.23. The fourth-order valence-corrected chi connectivity index (χ4v) is 3.70. The third kappa shape index (κ3) is 22.5. The van der Waals surface area contributed by atoms with E-state index in [0.29, 0.717) is 32.3 Å². The van der Waals surface area contributed by atoms with Crippen molar-refractivity contribution in [2.24, 2.45) is 5.41 Å². The minimum atomic E-state index is -0.177. The quantitative estimate of drug-likeness (QED) is 0.117. The van der Waals surface area contributed by atoms with Crippen molar-refractivity contribution in [1.29, 1.82) is 0 Å². The summed E-state index contributed by atoms with van der Waals surface area (Å²) in [5.41, 5.74) is -0.0492. The van der Waals surface area contributed by atoms with Gasteiger partial charge in [0.15, 0.2) is 0 Å². The van der Waals surface area contributed by atoms with Crippen LogP contribution in [-0.2, 0) is 19.1 Å². The van der Waals surface area contributed by atoms with Crippen molar-refractivity contribution in [3.05, 3.63) is 0 Å². The van der Waals surface area contributed by atoms with Gasteiger partial charge in [-0.25, -0.2) is 0 Å². The first kappa shape index (κ1) is 31.9. The maximum Gasteiger partial charge on any atom is 0.306 e. The van der Waals surface area contributed by atoms with Gasteiger partial charge in [-0.2, -0.15) is 0 Å². The second-order valence-corrected chi connectivity index (χ2v) is 10.9. The van der Waals surface area contributed by atoms with Gasteiger partial charge in [-0.1, -0.05) is 118 Å². The summed E-state index contributed by atoms with van der Waals surface area (Å²) in [7, 11) is 0. The minimum absolute atomic E-state index is 0.0492. The second kappa shape index (κ2) is 21.5. The van der Waals surface area contributed by atoms with Crippen LogP contribution in [0.15, 0.2) is 0 Å². The summed E-state index contributed by atoms with van der Waals surface area (Å²) in [6, 6.07) is 0. The summed E-state index contributed by atoms with van der Waals surface area (Å²) >= 11 is 0.